The number of carbonyl (C=O) groups excluding carboxylic acids is 1. The number of aromatic nitrogens is 1. The predicted molar refractivity (Wildman–Crippen MR) is 67.4 cm³/mol. The molecule has 94 valence electrons. The summed E-state index contributed by atoms with van der Waals surface area (Å²) in [5.74, 6) is 0.535. The Morgan fingerprint density at radius 2 is 2.29 bits per heavy atom. The van der Waals surface area contributed by atoms with E-state index >= 15 is 0 Å². The number of carbonyl (C=O) groups is 1. The highest BCUT2D eigenvalue weighted by molar-refractivity contribution is 5.79. The molecule has 6 heteroatoms. The van der Waals surface area contributed by atoms with Gasteiger partial charge in [-0.1, -0.05) is 6.07 Å². The minimum Gasteiger partial charge on any atom is -0.318 e. The first-order valence-electron chi connectivity index (χ1n) is 5.51. The molecule has 1 heterocycles. The van der Waals surface area contributed by atoms with E-state index in [9.17, 15) is 4.79 Å². The van der Waals surface area contributed by atoms with Gasteiger partial charge in [0, 0.05) is 19.3 Å². The highest BCUT2D eigenvalue weighted by atomic mass is 16.2. The summed E-state index contributed by atoms with van der Waals surface area (Å²) >= 11 is 0. The van der Waals surface area contributed by atoms with E-state index < -0.39 is 0 Å². The van der Waals surface area contributed by atoms with Crippen molar-refractivity contribution in [1.82, 2.24) is 20.6 Å². The van der Waals surface area contributed by atoms with Crippen molar-refractivity contribution >= 4 is 11.7 Å². The van der Waals surface area contributed by atoms with E-state index in [-0.39, 0.29) is 5.91 Å². The zero-order valence-electron chi connectivity index (χ0n) is 10.2. The normalized spacial score (nSPS) is 10.3. The van der Waals surface area contributed by atoms with Crippen LogP contribution in [0.15, 0.2) is 24.4 Å². The molecule has 1 aromatic rings. The van der Waals surface area contributed by atoms with E-state index in [2.05, 4.69) is 21.2 Å². The second-order valence-corrected chi connectivity index (χ2v) is 3.73. The summed E-state index contributed by atoms with van der Waals surface area (Å²) in [5, 5.41) is 3.03. The quantitative estimate of drug-likeness (QED) is 0.567. The number of anilines is 1. The van der Waals surface area contributed by atoms with E-state index in [1.165, 1.54) is 0 Å². The molecule has 6 nitrogen and oxygen atoms in total. The fourth-order valence-electron chi connectivity index (χ4n) is 1.24. The molecule has 3 N–H and O–H groups in total. The number of pyridine rings is 1. The average Bonchev–Trinajstić information content (AvgIpc) is 2.35. The number of nitrogens with one attached hydrogen (secondary N) is 3. The van der Waals surface area contributed by atoms with Crippen molar-refractivity contribution in [3.05, 3.63) is 24.4 Å². The van der Waals surface area contributed by atoms with Crippen molar-refractivity contribution in [3.8, 4) is 0 Å². The first-order valence-corrected chi connectivity index (χ1v) is 5.51. The lowest BCUT2D eigenvalue weighted by atomic mass is 10.5. The van der Waals surface area contributed by atoms with Gasteiger partial charge in [0.2, 0.25) is 0 Å². The molecule has 0 aromatic carbocycles. The second-order valence-electron chi connectivity index (χ2n) is 3.73. The lowest BCUT2D eigenvalue weighted by Gasteiger charge is -2.16. The second kappa shape index (κ2) is 7.59. The average molecular weight is 237 g/mol. The van der Waals surface area contributed by atoms with Gasteiger partial charge in [-0.15, -0.1) is 0 Å². The minimum atomic E-state index is -0.0887. The van der Waals surface area contributed by atoms with Crippen molar-refractivity contribution in [2.24, 2.45) is 0 Å². The third-order valence-electron chi connectivity index (χ3n) is 2.15. The Kier molecular flexibility index (Phi) is 5.98. The van der Waals surface area contributed by atoms with Crippen LogP contribution < -0.4 is 16.2 Å². The molecule has 0 saturated heterocycles. The number of hydrogen-bond donors (Lipinski definition) is 3. The van der Waals surface area contributed by atoms with Crippen LogP contribution in [0.5, 0.6) is 0 Å². The molecular formula is C11H19N5O. The summed E-state index contributed by atoms with van der Waals surface area (Å²) in [6, 6.07) is 5.45. The van der Waals surface area contributed by atoms with Gasteiger partial charge in [0.15, 0.2) is 0 Å². The van der Waals surface area contributed by atoms with Crippen LogP contribution in [0.25, 0.3) is 0 Å². The van der Waals surface area contributed by atoms with Crippen molar-refractivity contribution in [3.63, 3.8) is 0 Å². The number of likely N-dealkylation sites (N-methyl/N-ethyl adjacent to an activating group) is 2. The van der Waals surface area contributed by atoms with Gasteiger partial charge in [0.25, 0.3) is 5.91 Å². The van der Waals surface area contributed by atoms with E-state index in [1.807, 2.05) is 31.1 Å². The molecule has 0 fully saturated rings. The standard InChI is InChI=1S/C11H19N5O/c1-12-7-8-16(2)9-11(17)15-14-10-5-3-4-6-13-10/h3-6,12H,7-9H2,1-2H3,(H,13,14)(H,15,17). The molecule has 0 bridgehead atoms. The summed E-state index contributed by atoms with van der Waals surface area (Å²) in [4.78, 5) is 17.5. The first-order chi connectivity index (χ1) is 8.22. The highest BCUT2D eigenvalue weighted by Gasteiger charge is 2.05. The van der Waals surface area contributed by atoms with Gasteiger partial charge in [0.1, 0.15) is 5.82 Å². The molecule has 17 heavy (non-hydrogen) atoms. The lowest BCUT2D eigenvalue weighted by molar-refractivity contribution is -0.121. The van der Waals surface area contributed by atoms with Gasteiger partial charge in [-0.25, -0.2) is 4.98 Å². The van der Waals surface area contributed by atoms with Crippen LogP contribution in [0.4, 0.5) is 5.82 Å². The molecule has 1 rings (SSSR count). The van der Waals surface area contributed by atoms with E-state index in [0.717, 1.165) is 13.1 Å². The fourth-order valence-corrected chi connectivity index (χ4v) is 1.24. The molecule has 1 aromatic heterocycles. The van der Waals surface area contributed by atoms with Crippen LogP contribution in [-0.4, -0.2) is 49.5 Å². The zero-order chi connectivity index (χ0) is 12.5. The predicted octanol–water partition coefficient (Wildman–Crippen LogP) is -0.324. The Morgan fingerprint density at radius 1 is 1.47 bits per heavy atom. The number of rotatable bonds is 7. The maximum absolute atomic E-state index is 11.5. The van der Waals surface area contributed by atoms with Crippen LogP contribution in [0.1, 0.15) is 0 Å². The van der Waals surface area contributed by atoms with Crippen LogP contribution >= 0.6 is 0 Å². The molecule has 0 unspecified atom stereocenters. The molecule has 1 amide bonds. The van der Waals surface area contributed by atoms with Gasteiger partial charge < -0.3 is 5.32 Å². The molecular weight excluding hydrogens is 218 g/mol. The lowest BCUT2D eigenvalue weighted by Crippen LogP contribution is -2.40. The summed E-state index contributed by atoms with van der Waals surface area (Å²) in [7, 11) is 3.79. The summed E-state index contributed by atoms with van der Waals surface area (Å²) in [6.07, 6.45) is 1.66. The topological polar surface area (TPSA) is 69.3 Å². The summed E-state index contributed by atoms with van der Waals surface area (Å²) in [6.45, 7) is 2.03. The number of nitrogens with zero attached hydrogens (tertiary/aromatic N) is 2. The molecule has 0 spiro atoms. The van der Waals surface area contributed by atoms with Gasteiger partial charge in [-0.05, 0) is 26.2 Å². The van der Waals surface area contributed by atoms with Gasteiger partial charge in [0.05, 0.1) is 6.54 Å². The number of hydrogen-bond acceptors (Lipinski definition) is 5. The van der Waals surface area contributed by atoms with Crippen LogP contribution in [-0.2, 0) is 4.79 Å². The Morgan fingerprint density at radius 3 is 2.94 bits per heavy atom. The molecule has 0 radical (unpaired) electrons. The highest BCUT2D eigenvalue weighted by Crippen LogP contribution is 1.96. The third-order valence-corrected chi connectivity index (χ3v) is 2.15. The molecule has 0 atom stereocenters. The first kappa shape index (κ1) is 13.4. The molecule has 0 aliphatic carbocycles. The van der Waals surface area contributed by atoms with Crippen LogP contribution in [0.3, 0.4) is 0 Å². The Hall–Kier alpha value is -1.66. The number of hydrazine groups is 1. The van der Waals surface area contributed by atoms with E-state index in [0.29, 0.717) is 12.4 Å². The van der Waals surface area contributed by atoms with Crippen LogP contribution in [0.2, 0.25) is 0 Å². The smallest absolute Gasteiger partial charge is 0.252 e. The maximum atomic E-state index is 11.5. The van der Waals surface area contributed by atoms with Gasteiger partial charge >= 0.3 is 0 Å². The SMILES string of the molecule is CNCCN(C)CC(=O)NNc1ccccn1. The molecule has 0 saturated carbocycles. The van der Waals surface area contributed by atoms with Crippen molar-refractivity contribution < 1.29 is 4.79 Å². The Labute approximate surface area is 101 Å². The van der Waals surface area contributed by atoms with Gasteiger partial charge in [-0.2, -0.15) is 0 Å². The third kappa shape index (κ3) is 5.84. The monoisotopic (exact) mass is 237 g/mol. The van der Waals surface area contributed by atoms with Crippen molar-refractivity contribution in [1.29, 1.82) is 0 Å². The van der Waals surface area contributed by atoms with Crippen molar-refractivity contribution in [2.75, 3.05) is 39.2 Å². The summed E-state index contributed by atoms with van der Waals surface area (Å²) < 4.78 is 0. The summed E-state index contributed by atoms with van der Waals surface area (Å²) in [5.41, 5.74) is 5.35. The fraction of sp³-hybridized carbons (Fsp3) is 0.455. The molecule has 0 aliphatic heterocycles. The zero-order valence-corrected chi connectivity index (χ0v) is 10.2. The Balaban J connectivity index is 2.21. The maximum Gasteiger partial charge on any atom is 0.252 e. The van der Waals surface area contributed by atoms with Gasteiger partial charge in [-0.3, -0.25) is 20.5 Å². The van der Waals surface area contributed by atoms with E-state index in [1.54, 1.807) is 12.3 Å². The minimum absolute atomic E-state index is 0.0887. The van der Waals surface area contributed by atoms with Crippen LogP contribution in [0, 0.1) is 0 Å². The molecule has 0 aliphatic rings. The number of amides is 1. The van der Waals surface area contributed by atoms with E-state index in [4.69, 9.17) is 0 Å². The largest absolute Gasteiger partial charge is 0.318 e. The van der Waals surface area contributed by atoms with Crippen molar-refractivity contribution in [2.45, 2.75) is 0 Å². The Bertz CT molecular complexity index is 330.